The zero-order valence-corrected chi connectivity index (χ0v) is 13.8. The summed E-state index contributed by atoms with van der Waals surface area (Å²) in [7, 11) is 0. The van der Waals surface area contributed by atoms with Crippen LogP contribution in [0.4, 0.5) is 5.69 Å². The fourth-order valence-electron chi connectivity index (χ4n) is 2.88. The number of hydrogen-bond acceptors (Lipinski definition) is 2. The summed E-state index contributed by atoms with van der Waals surface area (Å²) in [6.07, 6.45) is 4.16. The van der Waals surface area contributed by atoms with E-state index in [0.717, 1.165) is 34.4 Å². The van der Waals surface area contributed by atoms with Crippen LogP contribution in [0.5, 0.6) is 0 Å². The molecule has 0 aliphatic rings. The lowest BCUT2D eigenvalue weighted by Crippen LogP contribution is -2.00. The molecule has 122 valence electrons. The largest absolute Gasteiger partial charge is 0.380 e. The second-order valence-electron chi connectivity index (χ2n) is 5.91. The number of H-pyrrole nitrogens is 1. The number of benzene rings is 3. The lowest BCUT2D eigenvalue weighted by Gasteiger charge is -2.09. The number of rotatable bonds is 5. The molecule has 0 unspecified atom stereocenters. The highest BCUT2D eigenvalue weighted by atomic mass is 15.1. The maximum atomic E-state index is 4.40. The minimum Gasteiger partial charge on any atom is -0.380 e. The molecule has 0 aliphatic heterocycles. The van der Waals surface area contributed by atoms with E-state index in [9.17, 15) is 0 Å². The molecule has 0 saturated heterocycles. The molecule has 0 bridgehead atoms. The molecule has 0 atom stereocenters. The molecule has 0 amide bonds. The molecule has 0 radical (unpaired) electrons. The molecule has 3 aromatic carbocycles. The van der Waals surface area contributed by atoms with Crippen LogP contribution >= 0.6 is 0 Å². The zero-order chi connectivity index (χ0) is 16.9. The molecule has 3 nitrogen and oxygen atoms in total. The van der Waals surface area contributed by atoms with Crippen LogP contribution in [0.2, 0.25) is 0 Å². The minimum atomic E-state index is 0.803. The predicted octanol–water partition coefficient (Wildman–Crippen LogP) is 5.35. The molecular weight excluding hydrogens is 306 g/mol. The number of nitrogens with one attached hydrogen (secondary N) is 2. The second kappa shape index (κ2) is 7.05. The van der Waals surface area contributed by atoms with Crippen molar-refractivity contribution in [3.05, 3.63) is 95.7 Å². The maximum Gasteiger partial charge on any atom is 0.0927 e. The molecule has 0 fully saturated rings. The topological polar surface area (TPSA) is 40.7 Å². The smallest absolute Gasteiger partial charge is 0.0927 e. The third kappa shape index (κ3) is 3.45. The summed E-state index contributed by atoms with van der Waals surface area (Å²) in [5.74, 6) is 0. The third-order valence-corrected chi connectivity index (χ3v) is 4.21. The van der Waals surface area contributed by atoms with Crippen molar-refractivity contribution in [1.82, 2.24) is 10.2 Å². The molecule has 4 aromatic rings. The summed E-state index contributed by atoms with van der Waals surface area (Å²) in [5, 5.41) is 12.1. The van der Waals surface area contributed by atoms with Crippen molar-refractivity contribution in [2.24, 2.45) is 0 Å². The number of para-hydroxylation sites is 2. The number of nitrogens with zero attached hydrogens (tertiary/aromatic N) is 1. The summed E-state index contributed by atoms with van der Waals surface area (Å²) in [4.78, 5) is 0. The fourth-order valence-corrected chi connectivity index (χ4v) is 2.88. The highest BCUT2D eigenvalue weighted by Crippen LogP contribution is 2.21. The first-order valence-corrected chi connectivity index (χ1v) is 8.38. The molecule has 3 heteroatoms. The van der Waals surface area contributed by atoms with Gasteiger partial charge in [0.1, 0.15) is 0 Å². The number of anilines is 1. The quantitative estimate of drug-likeness (QED) is 0.519. The highest BCUT2D eigenvalue weighted by molar-refractivity contribution is 5.90. The van der Waals surface area contributed by atoms with Gasteiger partial charge in [0.25, 0.3) is 0 Å². The first kappa shape index (κ1) is 15.2. The van der Waals surface area contributed by atoms with Crippen molar-refractivity contribution >= 4 is 28.7 Å². The van der Waals surface area contributed by atoms with Crippen molar-refractivity contribution in [2.45, 2.75) is 6.54 Å². The van der Waals surface area contributed by atoms with E-state index >= 15 is 0 Å². The van der Waals surface area contributed by atoms with Crippen molar-refractivity contribution in [3.8, 4) is 0 Å². The molecule has 0 aliphatic carbocycles. The van der Waals surface area contributed by atoms with Gasteiger partial charge in [0, 0.05) is 17.6 Å². The Morgan fingerprint density at radius 1 is 0.800 bits per heavy atom. The van der Waals surface area contributed by atoms with Gasteiger partial charge in [-0.1, -0.05) is 72.8 Å². The van der Waals surface area contributed by atoms with Gasteiger partial charge >= 0.3 is 0 Å². The number of hydrogen-bond donors (Lipinski definition) is 2. The van der Waals surface area contributed by atoms with Gasteiger partial charge in [-0.15, -0.1) is 0 Å². The van der Waals surface area contributed by atoms with E-state index in [2.05, 4.69) is 82.3 Å². The van der Waals surface area contributed by atoms with Crippen LogP contribution in [0.1, 0.15) is 16.8 Å². The van der Waals surface area contributed by atoms with Crippen LogP contribution < -0.4 is 5.32 Å². The standard InChI is InChI=1S/C22H19N3/c1-2-8-17(9-3-1)16-23-20-12-6-4-10-18(20)14-15-22-19-11-5-7-13-21(19)24-25-22/h1-15,23H,16H2,(H,24,25). The average Bonchev–Trinajstić information content (AvgIpc) is 3.09. The molecule has 25 heavy (non-hydrogen) atoms. The predicted molar refractivity (Wildman–Crippen MR) is 105 cm³/mol. The van der Waals surface area contributed by atoms with Crippen LogP contribution in [0.3, 0.4) is 0 Å². The summed E-state index contributed by atoms with van der Waals surface area (Å²) < 4.78 is 0. The molecule has 4 rings (SSSR count). The number of fused-ring (bicyclic) bond motifs is 1. The Morgan fingerprint density at radius 3 is 2.48 bits per heavy atom. The monoisotopic (exact) mass is 325 g/mol. The Labute approximate surface area is 147 Å². The van der Waals surface area contributed by atoms with Gasteiger partial charge in [-0.3, -0.25) is 5.10 Å². The van der Waals surface area contributed by atoms with E-state index < -0.39 is 0 Å². The Kier molecular flexibility index (Phi) is 4.29. The molecule has 2 N–H and O–H groups in total. The van der Waals surface area contributed by atoms with Crippen LogP contribution in [-0.4, -0.2) is 10.2 Å². The minimum absolute atomic E-state index is 0.803. The summed E-state index contributed by atoms with van der Waals surface area (Å²) in [6, 6.07) is 26.9. The summed E-state index contributed by atoms with van der Waals surface area (Å²) in [5.41, 5.74) is 5.53. The first-order valence-electron chi connectivity index (χ1n) is 8.38. The fraction of sp³-hybridized carbons (Fsp3) is 0.0455. The van der Waals surface area contributed by atoms with Gasteiger partial charge in [0.2, 0.25) is 0 Å². The Balaban J connectivity index is 1.56. The zero-order valence-electron chi connectivity index (χ0n) is 13.8. The lowest BCUT2D eigenvalue weighted by molar-refractivity contribution is 1.11. The van der Waals surface area contributed by atoms with Gasteiger partial charge in [0.05, 0.1) is 11.2 Å². The van der Waals surface area contributed by atoms with E-state index in [1.54, 1.807) is 0 Å². The third-order valence-electron chi connectivity index (χ3n) is 4.21. The van der Waals surface area contributed by atoms with Gasteiger partial charge < -0.3 is 5.32 Å². The number of aromatic amines is 1. The van der Waals surface area contributed by atoms with E-state index in [1.807, 2.05) is 24.3 Å². The second-order valence-corrected chi connectivity index (χ2v) is 5.91. The lowest BCUT2D eigenvalue weighted by atomic mass is 10.1. The van der Waals surface area contributed by atoms with Crippen LogP contribution in [0.15, 0.2) is 78.9 Å². The van der Waals surface area contributed by atoms with Crippen molar-refractivity contribution in [1.29, 1.82) is 0 Å². The molecule has 1 aromatic heterocycles. The van der Waals surface area contributed by atoms with Crippen molar-refractivity contribution in [2.75, 3.05) is 5.32 Å². The molecule has 0 saturated carbocycles. The first-order chi connectivity index (χ1) is 12.4. The van der Waals surface area contributed by atoms with Crippen LogP contribution in [-0.2, 0) is 6.54 Å². The van der Waals surface area contributed by atoms with E-state index in [-0.39, 0.29) is 0 Å². The SMILES string of the molecule is C(=Cc1n[nH]c2ccccc12)c1ccccc1NCc1ccccc1. The Hall–Kier alpha value is -3.33. The van der Waals surface area contributed by atoms with E-state index in [0.29, 0.717) is 0 Å². The average molecular weight is 325 g/mol. The van der Waals surface area contributed by atoms with E-state index in [4.69, 9.17) is 0 Å². The van der Waals surface area contributed by atoms with Crippen molar-refractivity contribution < 1.29 is 0 Å². The number of aromatic nitrogens is 2. The van der Waals surface area contributed by atoms with Crippen molar-refractivity contribution in [3.63, 3.8) is 0 Å². The highest BCUT2D eigenvalue weighted by Gasteiger charge is 2.02. The summed E-state index contributed by atoms with van der Waals surface area (Å²) in [6.45, 7) is 0.803. The van der Waals surface area contributed by atoms with Crippen LogP contribution in [0, 0.1) is 0 Å². The maximum absolute atomic E-state index is 4.40. The van der Waals surface area contributed by atoms with Gasteiger partial charge in [0.15, 0.2) is 0 Å². The molecule has 0 spiro atoms. The van der Waals surface area contributed by atoms with Gasteiger partial charge in [-0.25, -0.2) is 0 Å². The molecule has 1 heterocycles. The summed E-state index contributed by atoms with van der Waals surface area (Å²) >= 11 is 0. The van der Waals surface area contributed by atoms with Crippen LogP contribution in [0.25, 0.3) is 23.1 Å². The Morgan fingerprint density at radius 2 is 1.56 bits per heavy atom. The molecular formula is C22H19N3. The van der Waals surface area contributed by atoms with Gasteiger partial charge in [-0.2, -0.15) is 5.10 Å². The van der Waals surface area contributed by atoms with Gasteiger partial charge in [-0.05, 0) is 29.3 Å². The Bertz CT molecular complexity index is 1000. The normalized spacial score (nSPS) is 11.2. The van der Waals surface area contributed by atoms with E-state index in [1.165, 1.54) is 5.56 Å².